The van der Waals surface area contributed by atoms with Crippen LogP contribution in [-0.4, -0.2) is 82.8 Å². The Kier molecular flexibility index (Phi) is 7.02. The number of phenols is 1. The topological polar surface area (TPSA) is 111 Å². The van der Waals surface area contributed by atoms with Crippen LogP contribution in [0.2, 0.25) is 5.02 Å². The molecule has 10 nitrogen and oxygen atoms in total. The molecule has 8 rings (SSSR count). The SMILES string of the molecule is O=C1CC2(CCCN(c3nc(OC[C@@]45CCCN4C[C@H](F)C5)nc4c3CCN(c3cc(O)cc5ccc(F)c(Cl)c35)C4)C2)C(=O)N1. The third kappa shape index (κ3) is 4.83. The number of alkyl halides is 1. The summed E-state index contributed by atoms with van der Waals surface area (Å²) < 4.78 is 35.5. The molecule has 4 saturated heterocycles. The number of phenolic OH excluding ortho intramolecular Hbond substituents is 1. The van der Waals surface area contributed by atoms with E-state index in [1.165, 1.54) is 6.07 Å². The summed E-state index contributed by atoms with van der Waals surface area (Å²) in [6, 6.07) is 6.20. The molecule has 3 aromatic rings. The number of nitrogens with zero attached hydrogens (tertiary/aromatic N) is 5. The number of aromatic hydroxyl groups is 1. The van der Waals surface area contributed by atoms with E-state index in [-0.39, 0.29) is 47.2 Å². The summed E-state index contributed by atoms with van der Waals surface area (Å²) in [6.07, 6.45) is 3.38. The van der Waals surface area contributed by atoms with Crippen LogP contribution in [0.25, 0.3) is 10.8 Å². The lowest BCUT2D eigenvalue weighted by Gasteiger charge is -2.40. The van der Waals surface area contributed by atoms with Crippen molar-refractivity contribution in [3.63, 3.8) is 0 Å². The van der Waals surface area contributed by atoms with Crippen molar-refractivity contribution in [2.45, 2.75) is 63.2 Å². The van der Waals surface area contributed by atoms with Gasteiger partial charge in [-0.15, -0.1) is 0 Å². The average Bonchev–Trinajstić information content (AvgIpc) is 3.65. The van der Waals surface area contributed by atoms with Crippen molar-refractivity contribution in [2.75, 3.05) is 49.1 Å². The largest absolute Gasteiger partial charge is 0.508 e. The van der Waals surface area contributed by atoms with Gasteiger partial charge in [-0.2, -0.15) is 9.97 Å². The van der Waals surface area contributed by atoms with Gasteiger partial charge in [0.2, 0.25) is 11.8 Å². The lowest BCUT2D eigenvalue weighted by molar-refractivity contribution is -0.128. The highest BCUT2D eigenvalue weighted by molar-refractivity contribution is 6.37. The smallest absolute Gasteiger partial charge is 0.318 e. The van der Waals surface area contributed by atoms with Crippen molar-refractivity contribution in [1.29, 1.82) is 0 Å². The number of halogens is 3. The maximum atomic E-state index is 14.6. The van der Waals surface area contributed by atoms with E-state index in [0.29, 0.717) is 80.0 Å². The summed E-state index contributed by atoms with van der Waals surface area (Å²) in [5.74, 6) is -0.335. The quantitative estimate of drug-likeness (QED) is 0.390. The van der Waals surface area contributed by atoms with E-state index in [2.05, 4.69) is 15.1 Å². The molecule has 5 aliphatic heterocycles. The number of hydrogen-bond acceptors (Lipinski definition) is 9. The van der Waals surface area contributed by atoms with Gasteiger partial charge in [0.15, 0.2) is 0 Å². The van der Waals surface area contributed by atoms with Gasteiger partial charge in [0.25, 0.3) is 0 Å². The molecule has 0 radical (unpaired) electrons. The fourth-order valence-electron chi connectivity index (χ4n) is 8.51. The van der Waals surface area contributed by atoms with E-state index in [1.807, 2.05) is 4.90 Å². The Hall–Kier alpha value is -3.77. The summed E-state index contributed by atoms with van der Waals surface area (Å²) in [5.41, 5.74) is 1.02. The number of carbonyl (C=O) groups excluding carboxylic acids is 2. The van der Waals surface area contributed by atoms with E-state index in [4.69, 9.17) is 26.3 Å². The zero-order valence-electron chi connectivity index (χ0n) is 25.3. The second kappa shape index (κ2) is 10.9. The standard InChI is InChI=1S/C33H35ClF2N6O4/c34-28-23(36)4-3-19-11-21(43)12-25(27(19)28)40-10-5-22-24(16-40)37-31(46-18-33-7-2-9-42(33)15-20(35)13-33)39-29(22)41-8-1-6-32(17-41)14-26(44)38-30(32)45/h3-4,11-12,20,43H,1-2,5-10,13-18H2,(H,38,44,45)/t20-,32?,33+/m1/s1. The highest BCUT2D eigenvalue weighted by atomic mass is 35.5. The predicted octanol–water partition coefficient (Wildman–Crippen LogP) is 4.28. The molecule has 6 heterocycles. The van der Waals surface area contributed by atoms with E-state index in [9.17, 15) is 23.5 Å². The second-order valence-electron chi connectivity index (χ2n) is 13.6. The Morgan fingerprint density at radius 3 is 2.78 bits per heavy atom. The zero-order chi connectivity index (χ0) is 31.8. The number of amides is 2. The van der Waals surface area contributed by atoms with E-state index < -0.39 is 17.4 Å². The Morgan fingerprint density at radius 2 is 1.96 bits per heavy atom. The molecule has 13 heteroatoms. The predicted molar refractivity (Wildman–Crippen MR) is 168 cm³/mol. The summed E-state index contributed by atoms with van der Waals surface area (Å²) in [5, 5.41) is 14.2. The lowest BCUT2D eigenvalue weighted by atomic mass is 9.78. The Bertz CT molecular complexity index is 1780. The fourth-order valence-corrected chi connectivity index (χ4v) is 8.78. The molecular weight excluding hydrogens is 618 g/mol. The van der Waals surface area contributed by atoms with Crippen molar-refractivity contribution in [3.8, 4) is 11.8 Å². The molecule has 0 aliphatic carbocycles. The molecule has 3 atom stereocenters. The minimum Gasteiger partial charge on any atom is -0.508 e. The first-order valence-corrected chi connectivity index (χ1v) is 16.4. The highest BCUT2D eigenvalue weighted by Gasteiger charge is 2.51. The number of nitrogens with one attached hydrogen (secondary N) is 1. The van der Waals surface area contributed by atoms with Gasteiger partial charge in [-0.25, -0.2) is 8.78 Å². The number of fused-ring (bicyclic) bond motifs is 3. The number of anilines is 2. The minimum absolute atomic E-state index is 0.0168. The highest BCUT2D eigenvalue weighted by Crippen LogP contribution is 2.44. The van der Waals surface area contributed by atoms with Crippen LogP contribution in [0.4, 0.5) is 20.3 Å². The number of aromatic nitrogens is 2. The first-order valence-electron chi connectivity index (χ1n) is 16.0. The van der Waals surface area contributed by atoms with Gasteiger partial charge in [0.05, 0.1) is 33.9 Å². The monoisotopic (exact) mass is 652 g/mol. The number of imide groups is 1. The first kappa shape index (κ1) is 29.6. The van der Waals surface area contributed by atoms with Crippen LogP contribution in [0.3, 0.4) is 0 Å². The van der Waals surface area contributed by atoms with Crippen LogP contribution < -0.4 is 19.9 Å². The molecule has 0 saturated carbocycles. The number of rotatable bonds is 5. The summed E-state index contributed by atoms with van der Waals surface area (Å²) in [6.45, 7) is 3.35. The minimum atomic E-state index is -0.893. The number of ether oxygens (including phenoxy) is 1. The van der Waals surface area contributed by atoms with E-state index >= 15 is 0 Å². The number of benzene rings is 2. The molecule has 0 bridgehead atoms. The van der Waals surface area contributed by atoms with E-state index in [0.717, 1.165) is 31.4 Å². The van der Waals surface area contributed by atoms with Gasteiger partial charge in [-0.05, 0) is 56.2 Å². The second-order valence-corrected chi connectivity index (χ2v) is 14.0. The first-order chi connectivity index (χ1) is 22.1. The summed E-state index contributed by atoms with van der Waals surface area (Å²) in [4.78, 5) is 41.2. The molecule has 2 N–H and O–H groups in total. The van der Waals surface area contributed by atoms with Gasteiger partial charge in [0.1, 0.15) is 30.2 Å². The zero-order valence-corrected chi connectivity index (χ0v) is 26.1. The van der Waals surface area contributed by atoms with Crippen molar-refractivity contribution in [1.82, 2.24) is 20.2 Å². The summed E-state index contributed by atoms with van der Waals surface area (Å²) in [7, 11) is 0. The molecule has 1 spiro atoms. The van der Waals surface area contributed by atoms with Gasteiger partial charge < -0.3 is 19.6 Å². The number of piperidine rings is 1. The molecule has 242 valence electrons. The maximum Gasteiger partial charge on any atom is 0.318 e. The van der Waals surface area contributed by atoms with Crippen LogP contribution in [0.1, 0.15) is 49.8 Å². The van der Waals surface area contributed by atoms with Crippen LogP contribution >= 0.6 is 11.6 Å². The molecule has 2 aromatic carbocycles. The van der Waals surface area contributed by atoms with Crippen molar-refractivity contribution in [2.24, 2.45) is 5.41 Å². The maximum absolute atomic E-state index is 14.6. The average molecular weight is 653 g/mol. The van der Waals surface area contributed by atoms with Crippen molar-refractivity contribution >= 4 is 45.7 Å². The fraction of sp³-hybridized carbons (Fsp3) is 0.515. The van der Waals surface area contributed by atoms with Gasteiger partial charge >= 0.3 is 6.01 Å². The lowest BCUT2D eigenvalue weighted by Crippen LogP contribution is -2.48. The molecule has 4 fully saturated rings. The van der Waals surface area contributed by atoms with Crippen LogP contribution in [0, 0.1) is 11.2 Å². The van der Waals surface area contributed by atoms with Gasteiger partial charge in [-0.3, -0.25) is 19.8 Å². The van der Waals surface area contributed by atoms with Gasteiger partial charge in [-0.1, -0.05) is 17.7 Å². The molecule has 2 amide bonds. The van der Waals surface area contributed by atoms with E-state index in [1.54, 1.807) is 18.2 Å². The Morgan fingerprint density at radius 1 is 1.11 bits per heavy atom. The Balaban J connectivity index is 1.17. The number of carbonyl (C=O) groups is 2. The van der Waals surface area contributed by atoms with Gasteiger partial charge in [0, 0.05) is 56.0 Å². The van der Waals surface area contributed by atoms with Crippen LogP contribution in [-0.2, 0) is 22.6 Å². The normalized spacial score (nSPS) is 27.8. The third-order valence-corrected chi connectivity index (χ3v) is 11.0. The van der Waals surface area contributed by atoms with Crippen LogP contribution in [0.5, 0.6) is 11.8 Å². The van der Waals surface area contributed by atoms with Crippen molar-refractivity contribution < 1.29 is 28.2 Å². The molecule has 46 heavy (non-hydrogen) atoms. The third-order valence-electron chi connectivity index (χ3n) is 10.7. The van der Waals surface area contributed by atoms with Crippen LogP contribution in [0.15, 0.2) is 24.3 Å². The molecule has 1 aromatic heterocycles. The molecular formula is C33H35ClF2N6O4. The number of hydrogen-bond donors (Lipinski definition) is 2. The summed E-state index contributed by atoms with van der Waals surface area (Å²) >= 11 is 6.47. The molecule has 5 aliphatic rings. The van der Waals surface area contributed by atoms with Crippen molar-refractivity contribution in [3.05, 3.63) is 46.4 Å². The molecule has 1 unspecified atom stereocenters. The Labute approximate surface area is 269 Å².